The molecule has 0 aliphatic carbocycles. The monoisotopic (exact) mass is 355 g/mol. The highest BCUT2D eigenvalue weighted by atomic mass is 79.9. The molecule has 1 N–H and O–H groups in total. The number of carbonyl (C=O) groups excluding carboxylic acids is 1. The lowest BCUT2D eigenvalue weighted by molar-refractivity contribution is -0.116. The largest absolute Gasteiger partial charge is 0.492 e. The zero-order valence-electron chi connectivity index (χ0n) is 10.9. The van der Waals surface area contributed by atoms with Crippen LogP contribution < -0.4 is 10.1 Å². The minimum Gasteiger partial charge on any atom is -0.492 e. The van der Waals surface area contributed by atoms with Crippen LogP contribution in [0.25, 0.3) is 0 Å². The first-order valence-corrected chi connectivity index (χ1v) is 7.77. The van der Waals surface area contributed by atoms with E-state index in [9.17, 15) is 4.79 Å². The molecular formula is C13H14BrN3O2S. The maximum absolute atomic E-state index is 11.6. The van der Waals surface area contributed by atoms with E-state index in [4.69, 9.17) is 4.74 Å². The van der Waals surface area contributed by atoms with Gasteiger partial charge in [-0.15, -0.1) is 10.2 Å². The standard InChI is InChI=1S/C13H14BrN3O2S/c1-9-4-5-11(10(14)7-9)19-6-2-3-12(18)16-13-17-15-8-20-13/h4-5,7-8H,2-3,6H2,1H3,(H,16,17,18). The fourth-order valence-corrected chi connectivity index (χ4v) is 2.62. The lowest BCUT2D eigenvalue weighted by Gasteiger charge is -2.08. The molecular weight excluding hydrogens is 342 g/mol. The molecule has 1 amide bonds. The first kappa shape index (κ1) is 14.9. The summed E-state index contributed by atoms with van der Waals surface area (Å²) in [5.41, 5.74) is 2.74. The van der Waals surface area contributed by atoms with Crippen molar-refractivity contribution in [3.05, 3.63) is 33.7 Å². The second-order valence-corrected chi connectivity index (χ2v) is 5.87. The van der Waals surface area contributed by atoms with Crippen LogP contribution in [0.1, 0.15) is 18.4 Å². The maximum atomic E-state index is 11.6. The van der Waals surface area contributed by atoms with Gasteiger partial charge in [0.15, 0.2) is 0 Å². The smallest absolute Gasteiger partial charge is 0.226 e. The predicted molar refractivity (Wildman–Crippen MR) is 82.1 cm³/mol. The number of rotatable bonds is 6. The number of benzene rings is 1. The van der Waals surface area contributed by atoms with Gasteiger partial charge in [0.05, 0.1) is 11.1 Å². The van der Waals surface area contributed by atoms with Gasteiger partial charge >= 0.3 is 0 Å². The van der Waals surface area contributed by atoms with Crippen LogP contribution in [-0.2, 0) is 4.79 Å². The summed E-state index contributed by atoms with van der Waals surface area (Å²) in [5, 5.41) is 10.6. The molecule has 0 spiro atoms. The molecule has 0 saturated carbocycles. The van der Waals surface area contributed by atoms with Gasteiger partial charge < -0.3 is 10.1 Å². The summed E-state index contributed by atoms with van der Waals surface area (Å²) in [7, 11) is 0. The molecule has 0 bridgehead atoms. The number of nitrogens with one attached hydrogen (secondary N) is 1. The number of aryl methyl sites for hydroxylation is 1. The van der Waals surface area contributed by atoms with Gasteiger partial charge in [-0.1, -0.05) is 17.4 Å². The van der Waals surface area contributed by atoms with E-state index in [2.05, 4.69) is 31.4 Å². The summed E-state index contributed by atoms with van der Waals surface area (Å²) in [4.78, 5) is 11.6. The number of hydrogen-bond acceptors (Lipinski definition) is 5. The van der Waals surface area contributed by atoms with E-state index >= 15 is 0 Å². The van der Waals surface area contributed by atoms with Gasteiger partial charge in [-0.2, -0.15) is 0 Å². The van der Waals surface area contributed by atoms with E-state index < -0.39 is 0 Å². The van der Waals surface area contributed by atoms with Crippen LogP contribution in [0.15, 0.2) is 28.2 Å². The highest BCUT2D eigenvalue weighted by Gasteiger charge is 2.05. The molecule has 0 fully saturated rings. The van der Waals surface area contributed by atoms with Gasteiger partial charge in [0.1, 0.15) is 11.3 Å². The van der Waals surface area contributed by atoms with Crippen LogP contribution >= 0.6 is 27.3 Å². The highest BCUT2D eigenvalue weighted by molar-refractivity contribution is 9.10. The third-order valence-corrected chi connectivity index (χ3v) is 3.73. The highest BCUT2D eigenvalue weighted by Crippen LogP contribution is 2.25. The van der Waals surface area contributed by atoms with E-state index in [0.29, 0.717) is 24.6 Å². The zero-order valence-corrected chi connectivity index (χ0v) is 13.3. The van der Waals surface area contributed by atoms with Gasteiger partial charge in [-0.25, -0.2) is 0 Å². The molecule has 0 unspecified atom stereocenters. The number of carbonyl (C=O) groups is 1. The molecule has 2 rings (SSSR count). The zero-order chi connectivity index (χ0) is 14.4. The van der Waals surface area contributed by atoms with E-state index in [-0.39, 0.29) is 5.91 Å². The van der Waals surface area contributed by atoms with E-state index in [1.807, 2.05) is 25.1 Å². The van der Waals surface area contributed by atoms with Crippen molar-refractivity contribution in [3.63, 3.8) is 0 Å². The molecule has 20 heavy (non-hydrogen) atoms. The van der Waals surface area contributed by atoms with Crippen molar-refractivity contribution in [2.75, 3.05) is 11.9 Å². The molecule has 1 aromatic heterocycles. The number of nitrogens with zero attached hydrogens (tertiary/aromatic N) is 2. The molecule has 7 heteroatoms. The predicted octanol–water partition coefficient (Wildman–Crippen LogP) is 3.41. The van der Waals surface area contributed by atoms with Crippen molar-refractivity contribution < 1.29 is 9.53 Å². The van der Waals surface area contributed by atoms with Crippen molar-refractivity contribution in [1.82, 2.24) is 10.2 Å². The first-order chi connectivity index (χ1) is 9.65. The van der Waals surface area contributed by atoms with Crippen LogP contribution in [0, 0.1) is 6.92 Å². The molecule has 0 saturated heterocycles. The van der Waals surface area contributed by atoms with E-state index in [1.165, 1.54) is 16.9 Å². The Balaban J connectivity index is 1.69. The number of hydrogen-bond donors (Lipinski definition) is 1. The van der Waals surface area contributed by atoms with Gasteiger partial charge in [0, 0.05) is 6.42 Å². The van der Waals surface area contributed by atoms with Crippen LogP contribution in [-0.4, -0.2) is 22.7 Å². The molecule has 2 aromatic rings. The van der Waals surface area contributed by atoms with Gasteiger partial charge in [0.2, 0.25) is 11.0 Å². The molecule has 0 aliphatic heterocycles. The Morgan fingerprint density at radius 1 is 1.50 bits per heavy atom. The molecule has 106 valence electrons. The Hall–Kier alpha value is -1.47. The third-order valence-electron chi connectivity index (χ3n) is 2.50. The normalized spacial score (nSPS) is 10.3. The Labute approximate surface area is 129 Å². The summed E-state index contributed by atoms with van der Waals surface area (Å²) >= 11 is 4.75. The van der Waals surface area contributed by atoms with Crippen molar-refractivity contribution >= 4 is 38.3 Å². The van der Waals surface area contributed by atoms with Crippen LogP contribution in [0.5, 0.6) is 5.75 Å². The van der Waals surface area contributed by atoms with Crippen molar-refractivity contribution in [3.8, 4) is 5.75 Å². The lowest BCUT2D eigenvalue weighted by atomic mass is 10.2. The van der Waals surface area contributed by atoms with Gasteiger partial charge in [-0.3, -0.25) is 4.79 Å². The van der Waals surface area contributed by atoms with Crippen molar-refractivity contribution in [1.29, 1.82) is 0 Å². The van der Waals surface area contributed by atoms with Crippen molar-refractivity contribution in [2.24, 2.45) is 0 Å². The topological polar surface area (TPSA) is 64.1 Å². The molecule has 0 atom stereocenters. The fraction of sp³-hybridized carbons (Fsp3) is 0.308. The molecule has 1 aromatic carbocycles. The van der Waals surface area contributed by atoms with Crippen molar-refractivity contribution in [2.45, 2.75) is 19.8 Å². The first-order valence-electron chi connectivity index (χ1n) is 6.10. The molecule has 0 aliphatic rings. The van der Waals surface area contributed by atoms with Gasteiger partial charge in [-0.05, 0) is 47.0 Å². The number of anilines is 1. The SMILES string of the molecule is Cc1ccc(OCCCC(=O)Nc2nncs2)c(Br)c1. The Bertz CT molecular complexity index is 575. The van der Waals surface area contributed by atoms with E-state index in [0.717, 1.165) is 10.2 Å². The molecule has 0 radical (unpaired) electrons. The Morgan fingerprint density at radius 2 is 2.35 bits per heavy atom. The third kappa shape index (κ3) is 4.57. The second kappa shape index (κ2) is 7.35. The number of ether oxygens (including phenoxy) is 1. The maximum Gasteiger partial charge on any atom is 0.226 e. The Morgan fingerprint density at radius 3 is 3.05 bits per heavy atom. The summed E-state index contributed by atoms with van der Waals surface area (Å²) in [6.07, 6.45) is 1.04. The van der Waals surface area contributed by atoms with Crippen LogP contribution in [0.4, 0.5) is 5.13 Å². The molecule has 5 nitrogen and oxygen atoms in total. The van der Waals surface area contributed by atoms with Gasteiger partial charge in [0.25, 0.3) is 0 Å². The van der Waals surface area contributed by atoms with Crippen LogP contribution in [0.2, 0.25) is 0 Å². The number of amides is 1. The summed E-state index contributed by atoms with van der Waals surface area (Å²) < 4.78 is 6.55. The van der Waals surface area contributed by atoms with Crippen LogP contribution in [0.3, 0.4) is 0 Å². The fourth-order valence-electron chi connectivity index (χ4n) is 1.55. The minimum absolute atomic E-state index is 0.0756. The lowest BCUT2D eigenvalue weighted by Crippen LogP contribution is -2.12. The average molecular weight is 356 g/mol. The van der Waals surface area contributed by atoms with E-state index in [1.54, 1.807) is 5.51 Å². The summed E-state index contributed by atoms with van der Waals surface area (Å²) in [5.74, 6) is 0.716. The average Bonchev–Trinajstić information content (AvgIpc) is 2.89. The quantitative estimate of drug-likeness (QED) is 0.806. The molecule has 1 heterocycles. The summed E-state index contributed by atoms with van der Waals surface area (Å²) in [6.45, 7) is 2.51. The number of aromatic nitrogens is 2. The Kier molecular flexibility index (Phi) is 5.49. The number of halogens is 1. The second-order valence-electron chi connectivity index (χ2n) is 4.18. The minimum atomic E-state index is -0.0756. The summed E-state index contributed by atoms with van der Waals surface area (Å²) in [6, 6.07) is 5.90.